The molecule has 3 atom stereocenters. The van der Waals surface area contributed by atoms with Crippen molar-refractivity contribution in [3.05, 3.63) is 0 Å². The second-order valence-electron chi connectivity index (χ2n) is 5.64. The molecule has 1 fully saturated rings. The molecule has 1 aliphatic heterocycles. The smallest absolute Gasteiger partial charge is 0.336 e. The Hall–Kier alpha value is -1.67. The number of carbonyl (C=O) groups excluding carboxylic acids is 2. The van der Waals surface area contributed by atoms with Gasteiger partial charge in [-0.05, 0) is 18.8 Å². The Morgan fingerprint density at radius 2 is 1.95 bits per heavy atom. The van der Waals surface area contributed by atoms with Gasteiger partial charge in [-0.3, -0.25) is 9.59 Å². The molecule has 0 aromatic rings. The SMILES string of the molecule is COCCCNC(=O)C(CC(C)C)NC(=O)[C@H]1O[C@@H]1C(=O)O. The van der Waals surface area contributed by atoms with Crippen LogP contribution in [-0.4, -0.2) is 61.4 Å². The number of epoxide rings is 1. The number of carboxylic acids is 1. The van der Waals surface area contributed by atoms with Gasteiger partial charge in [0.25, 0.3) is 5.91 Å². The molecule has 0 aromatic carbocycles. The Kier molecular flexibility index (Phi) is 7.26. The molecule has 8 nitrogen and oxygen atoms in total. The molecule has 1 saturated heterocycles. The van der Waals surface area contributed by atoms with Crippen LogP contribution in [0.2, 0.25) is 0 Å². The number of methoxy groups -OCH3 is 1. The minimum Gasteiger partial charge on any atom is -0.479 e. The molecule has 3 N–H and O–H groups in total. The second-order valence-corrected chi connectivity index (χ2v) is 5.64. The average Bonchev–Trinajstić information content (AvgIpc) is 3.22. The normalized spacial score (nSPS) is 21.3. The highest BCUT2D eigenvalue weighted by Crippen LogP contribution is 2.22. The number of aliphatic carboxylic acids is 1. The molecule has 22 heavy (non-hydrogen) atoms. The largest absolute Gasteiger partial charge is 0.479 e. The average molecular weight is 316 g/mol. The maximum absolute atomic E-state index is 12.1. The van der Waals surface area contributed by atoms with Gasteiger partial charge < -0.3 is 25.2 Å². The third-order valence-electron chi connectivity index (χ3n) is 3.16. The van der Waals surface area contributed by atoms with Crippen LogP contribution in [0.4, 0.5) is 0 Å². The summed E-state index contributed by atoms with van der Waals surface area (Å²) in [5, 5.41) is 14.0. The van der Waals surface area contributed by atoms with Crippen molar-refractivity contribution in [2.45, 2.75) is 44.9 Å². The summed E-state index contributed by atoms with van der Waals surface area (Å²) in [5.41, 5.74) is 0. The third-order valence-corrected chi connectivity index (χ3v) is 3.16. The molecule has 0 aliphatic carbocycles. The first kappa shape index (κ1) is 18.4. The van der Waals surface area contributed by atoms with Gasteiger partial charge in [0, 0.05) is 20.3 Å². The Labute approximate surface area is 129 Å². The van der Waals surface area contributed by atoms with E-state index in [0.717, 1.165) is 0 Å². The summed E-state index contributed by atoms with van der Waals surface area (Å²) < 4.78 is 9.67. The predicted molar refractivity (Wildman–Crippen MR) is 77.2 cm³/mol. The number of amides is 2. The first-order valence-corrected chi connectivity index (χ1v) is 7.32. The molecular formula is C14H24N2O6. The molecule has 0 saturated carbocycles. The van der Waals surface area contributed by atoms with Crippen molar-refractivity contribution in [2.75, 3.05) is 20.3 Å². The standard InChI is InChI=1S/C14H24N2O6/c1-8(2)7-9(12(17)15-5-4-6-21-3)16-13(18)10-11(22-10)14(19)20/h8-11H,4-7H2,1-3H3,(H,15,17)(H,16,18)(H,19,20)/t9?,10-,11-/m0/s1. The van der Waals surface area contributed by atoms with E-state index in [9.17, 15) is 14.4 Å². The van der Waals surface area contributed by atoms with Crippen LogP contribution in [0.5, 0.6) is 0 Å². The number of hydrogen-bond acceptors (Lipinski definition) is 5. The molecule has 0 bridgehead atoms. The van der Waals surface area contributed by atoms with E-state index in [0.29, 0.717) is 26.0 Å². The summed E-state index contributed by atoms with van der Waals surface area (Å²) in [6, 6.07) is -0.700. The molecule has 1 rings (SSSR count). The molecule has 0 aromatic heterocycles. The number of carboxylic acid groups (broad SMARTS) is 1. The van der Waals surface area contributed by atoms with Crippen LogP contribution in [0.1, 0.15) is 26.7 Å². The van der Waals surface area contributed by atoms with Crippen LogP contribution in [0.15, 0.2) is 0 Å². The highest BCUT2D eigenvalue weighted by molar-refractivity contribution is 5.95. The van der Waals surface area contributed by atoms with Crippen molar-refractivity contribution >= 4 is 17.8 Å². The second kappa shape index (κ2) is 8.70. The number of rotatable bonds is 10. The van der Waals surface area contributed by atoms with Crippen LogP contribution in [0.3, 0.4) is 0 Å². The minimum absolute atomic E-state index is 0.199. The lowest BCUT2D eigenvalue weighted by Gasteiger charge is -2.19. The van der Waals surface area contributed by atoms with Crippen molar-refractivity contribution in [2.24, 2.45) is 5.92 Å². The van der Waals surface area contributed by atoms with Gasteiger partial charge in [0.05, 0.1) is 0 Å². The summed E-state index contributed by atoms with van der Waals surface area (Å²) >= 11 is 0. The van der Waals surface area contributed by atoms with Gasteiger partial charge in [-0.25, -0.2) is 4.79 Å². The molecule has 2 amide bonds. The Bertz CT molecular complexity index is 412. The summed E-state index contributed by atoms with van der Waals surface area (Å²) in [7, 11) is 1.58. The van der Waals surface area contributed by atoms with Crippen LogP contribution in [0, 0.1) is 5.92 Å². The van der Waals surface area contributed by atoms with Crippen LogP contribution in [0.25, 0.3) is 0 Å². The van der Waals surface area contributed by atoms with Gasteiger partial charge in [-0.1, -0.05) is 13.8 Å². The van der Waals surface area contributed by atoms with E-state index in [1.54, 1.807) is 7.11 Å². The highest BCUT2D eigenvalue weighted by Gasteiger charge is 2.51. The van der Waals surface area contributed by atoms with Gasteiger partial charge in [0.15, 0.2) is 12.2 Å². The van der Waals surface area contributed by atoms with Crippen molar-refractivity contribution in [3.63, 3.8) is 0 Å². The predicted octanol–water partition coefficient (Wildman–Crippen LogP) is -0.478. The van der Waals surface area contributed by atoms with E-state index in [1.165, 1.54) is 0 Å². The van der Waals surface area contributed by atoms with E-state index in [2.05, 4.69) is 10.6 Å². The number of hydrogen-bond donors (Lipinski definition) is 3. The molecule has 8 heteroatoms. The van der Waals surface area contributed by atoms with E-state index in [4.69, 9.17) is 14.6 Å². The Morgan fingerprint density at radius 3 is 2.45 bits per heavy atom. The van der Waals surface area contributed by atoms with E-state index in [-0.39, 0.29) is 11.8 Å². The Morgan fingerprint density at radius 1 is 1.27 bits per heavy atom. The van der Waals surface area contributed by atoms with Gasteiger partial charge in [0.2, 0.25) is 5.91 Å². The fourth-order valence-corrected chi connectivity index (χ4v) is 2.01. The maximum atomic E-state index is 12.1. The molecule has 0 spiro atoms. The fourth-order valence-electron chi connectivity index (χ4n) is 2.01. The number of carbonyl (C=O) groups is 3. The zero-order valence-corrected chi connectivity index (χ0v) is 13.1. The zero-order valence-electron chi connectivity index (χ0n) is 13.1. The summed E-state index contributed by atoms with van der Waals surface area (Å²) in [6.07, 6.45) is -0.970. The number of ether oxygens (including phenoxy) is 2. The summed E-state index contributed by atoms with van der Waals surface area (Å²) in [6.45, 7) is 4.86. The lowest BCUT2D eigenvalue weighted by molar-refractivity contribution is -0.138. The quantitative estimate of drug-likeness (QED) is 0.370. The molecule has 1 unspecified atom stereocenters. The van der Waals surface area contributed by atoms with Crippen LogP contribution < -0.4 is 10.6 Å². The number of nitrogens with one attached hydrogen (secondary N) is 2. The highest BCUT2D eigenvalue weighted by atomic mass is 16.6. The van der Waals surface area contributed by atoms with E-state index < -0.39 is 30.1 Å². The van der Waals surface area contributed by atoms with Gasteiger partial charge >= 0.3 is 5.97 Å². The van der Waals surface area contributed by atoms with Crippen molar-refractivity contribution < 1.29 is 29.0 Å². The summed E-state index contributed by atoms with van der Waals surface area (Å²) in [4.78, 5) is 34.7. The monoisotopic (exact) mass is 316 g/mol. The van der Waals surface area contributed by atoms with Crippen molar-refractivity contribution in [3.8, 4) is 0 Å². The minimum atomic E-state index is -1.18. The zero-order chi connectivity index (χ0) is 16.7. The first-order valence-electron chi connectivity index (χ1n) is 7.32. The topological polar surface area (TPSA) is 117 Å². The van der Waals surface area contributed by atoms with Gasteiger partial charge in [0.1, 0.15) is 6.04 Å². The van der Waals surface area contributed by atoms with E-state index in [1.807, 2.05) is 13.8 Å². The maximum Gasteiger partial charge on any atom is 0.336 e. The van der Waals surface area contributed by atoms with Gasteiger partial charge in [-0.2, -0.15) is 0 Å². The Balaban J connectivity index is 2.48. The fraction of sp³-hybridized carbons (Fsp3) is 0.786. The summed E-state index contributed by atoms with van der Waals surface area (Å²) in [5.74, 6) is -1.83. The van der Waals surface area contributed by atoms with Crippen molar-refractivity contribution in [1.29, 1.82) is 0 Å². The third kappa shape index (κ3) is 5.98. The van der Waals surface area contributed by atoms with Crippen LogP contribution >= 0.6 is 0 Å². The molecule has 1 aliphatic rings. The molecule has 126 valence electrons. The first-order chi connectivity index (χ1) is 10.4. The van der Waals surface area contributed by atoms with E-state index >= 15 is 0 Å². The van der Waals surface area contributed by atoms with Crippen LogP contribution in [-0.2, 0) is 23.9 Å². The molecule has 0 radical (unpaired) electrons. The lowest BCUT2D eigenvalue weighted by atomic mass is 10.0. The van der Waals surface area contributed by atoms with Crippen molar-refractivity contribution in [1.82, 2.24) is 10.6 Å². The molecule has 1 heterocycles. The lowest BCUT2D eigenvalue weighted by Crippen LogP contribution is -2.49. The molecular weight excluding hydrogens is 292 g/mol. The van der Waals surface area contributed by atoms with Gasteiger partial charge in [-0.15, -0.1) is 0 Å².